The Balaban J connectivity index is 4.57. The van der Waals surface area contributed by atoms with Crippen LogP contribution in [0, 0.1) is 5.92 Å². The molecule has 0 aliphatic heterocycles. The molecule has 14 heteroatoms. The van der Waals surface area contributed by atoms with Gasteiger partial charge < -0.3 is 31.1 Å². The largest absolute Gasteiger partial charge is 0.481 e. The van der Waals surface area contributed by atoms with Crippen molar-refractivity contribution < 1.29 is 49.2 Å². The number of rotatable bonds is 17. The molecule has 0 saturated heterocycles. The van der Waals surface area contributed by atoms with E-state index in [1.165, 1.54) is 4.90 Å². The van der Waals surface area contributed by atoms with Gasteiger partial charge in [0, 0.05) is 6.54 Å². The lowest BCUT2D eigenvalue weighted by Crippen LogP contribution is -2.47. The zero-order valence-corrected chi connectivity index (χ0v) is 17.1. The minimum atomic E-state index is -1.26. The van der Waals surface area contributed by atoms with Crippen LogP contribution in [0.15, 0.2) is 0 Å². The van der Waals surface area contributed by atoms with Crippen LogP contribution in [0.3, 0.4) is 0 Å². The normalized spacial score (nSPS) is 10.8. The molecule has 176 valence electrons. The van der Waals surface area contributed by atoms with Crippen LogP contribution < -0.4 is 10.6 Å². The van der Waals surface area contributed by atoms with E-state index in [0.717, 1.165) is 4.90 Å². The molecule has 0 radical (unpaired) electrons. The molecule has 0 bridgehead atoms. The third kappa shape index (κ3) is 15.3. The van der Waals surface area contributed by atoms with Crippen molar-refractivity contribution in [3.8, 4) is 0 Å². The average Bonchev–Trinajstić information content (AvgIpc) is 2.61. The van der Waals surface area contributed by atoms with Gasteiger partial charge in [-0.3, -0.25) is 38.6 Å². The standard InChI is InChI=1S/C17H28N4O10/c1-2-20(6-12(22)18-5-11(3-14(24)25)4-15(26)27)7-13(23)19-10-21(8-16(28)29)9-17(30)31/h11H,2-10H2,1H3,(H,18,22)(H,19,23)(H,24,25)(H,26,27)(H,28,29)(H,30,31). The van der Waals surface area contributed by atoms with E-state index in [4.69, 9.17) is 20.4 Å². The molecule has 6 N–H and O–H groups in total. The Morgan fingerprint density at radius 1 is 0.677 bits per heavy atom. The fourth-order valence-electron chi connectivity index (χ4n) is 2.52. The highest BCUT2D eigenvalue weighted by Crippen LogP contribution is 2.07. The zero-order chi connectivity index (χ0) is 24.0. The maximum Gasteiger partial charge on any atom is 0.317 e. The van der Waals surface area contributed by atoms with Crippen LogP contribution >= 0.6 is 0 Å². The molecule has 0 fully saturated rings. The van der Waals surface area contributed by atoms with Crippen LogP contribution in [0.1, 0.15) is 19.8 Å². The zero-order valence-electron chi connectivity index (χ0n) is 17.1. The molecule has 14 nitrogen and oxygen atoms in total. The minimum Gasteiger partial charge on any atom is -0.481 e. The molecule has 31 heavy (non-hydrogen) atoms. The SMILES string of the molecule is CCN(CC(=O)NCC(CC(=O)O)CC(=O)O)CC(=O)NCN(CC(=O)O)CC(=O)O. The number of carbonyl (C=O) groups excluding carboxylic acids is 2. The summed E-state index contributed by atoms with van der Waals surface area (Å²) in [5.74, 6) is -6.78. The summed E-state index contributed by atoms with van der Waals surface area (Å²) in [5.41, 5.74) is 0. The molecule has 0 aliphatic rings. The molecule has 0 atom stereocenters. The maximum absolute atomic E-state index is 12.1. The quantitative estimate of drug-likeness (QED) is 0.128. The van der Waals surface area contributed by atoms with Crippen LogP contribution in [0.4, 0.5) is 0 Å². The van der Waals surface area contributed by atoms with E-state index in [1.807, 2.05) is 0 Å². The highest BCUT2D eigenvalue weighted by atomic mass is 16.4. The van der Waals surface area contributed by atoms with Crippen molar-refractivity contribution in [3.05, 3.63) is 0 Å². The van der Waals surface area contributed by atoms with Gasteiger partial charge in [0.25, 0.3) is 0 Å². The number of hydrogen-bond acceptors (Lipinski definition) is 8. The Kier molecular flexibility index (Phi) is 13.1. The van der Waals surface area contributed by atoms with Crippen LogP contribution in [0.25, 0.3) is 0 Å². The van der Waals surface area contributed by atoms with E-state index in [2.05, 4.69) is 10.6 Å². The Morgan fingerprint density at radius 2 is 1.13 bits per heavy atom. The van der Waals surface area contributed by atoms with Crippen LogP contribution in [0.5, 0.6) is 0 Å². The average molecular weight is 448 g/mol. The van der Waals surface area contributed by atoms with Gasteiger partial charge in [-0.1, -0.05) is 6.92 Å². The van der Waals surface area contributed by atoms with E-state index in [0.29, 0.717) is 6.54 Å². The number of carboxylic acids is 4. The third-order valence-electron chi connectivity index (χ3n) is 3.91. The minimum absolute atomic E-state index is 0.152. The van der Waals surface area contributed by atoms with Crippen molar-refractivity contribution in [2.45, 2.75) is 19.8 Å². The Hall–Kier alpha value is -3.26. The molecule has 0 aromatic rings. The molecule has 0 spiro atoms. The number of likely N-dealkylation sites (N-methyl/N-ethyl adjacent to an activating group) is 1. The van der Waals surface area contributed by atoms with Crippen LogP contribution in [0.2, 0.25) is 0 Å². The van der Waals surface area contributed by atoms with Crippen molar-refractivity contribution in [1.82, 2.24) is 20.4 Å². The molecular formula is C17H28N4O10. The number of nitrogens with one attached hydrogen (secondary N) is 2. The van der Waals surface area contributed by atoms with Gasteiger partial charge in [0.05, 0.1) is 45.7 Å². The van der Waals surface area contributed by atoms with Crippen molar-refractivity contribution in [3.63, 3.8) is 0 Å². The van der Waals surface area contributed by atoms with E-state index in [1.54, 1.807) is 6.92 Å². The number of aliphatic carboxylic acids is 4. The van der Waals surface area contributed by atoms with Crippen LogP contribution in [-0.4, -0.2) is 112 Å². The van der Waals surface area contributed by atoms with Gasteiger partial charge in [0.1, 0.15) is 0 Å². The molecule has 0 aliphatic carbocycles. The van der Waals surface area contributed by atoms with E-state index in [9.17, 15) is 28.8 Å². The van der Waals surface area contributed by atoms with Gasteiger partial charge in [-0.25, -0.2) is 0 Å². The number of carbonyl (C=O) groups is 6. The number of hydrogen-bond donors (Lipinski definition) is 6. The van der Waals surface area contributed by atoms with Gasteiger partial charge in [0.15, 0.2) is 0 Å². The second-order valence-corrected chi connectivity index (χ2v) is 6.70. The second kappa shape index (κ2) is 14.7. The molecular weight excluding hydrogens is 420 g/mol. The monoisotopic (exact) mass is 448 g/mol. The van der Waals surface area contributed by atoms with Gasteiger partial charge >= 0.3 is 23.9 Å². The lowest BCUT2D eigenvalue weighted by molar-refractivity contribution is -0.143. The van der Waals surface area contributed by atoms with Crippen LogP contribution in [-0.2, 0) is 28.8 Å². The van der Waals surface area contributed by atoms with Gasteiger partial charge in [-0.15, -0.1) is 0 Å². The van der Waals surface area contributed by atoms with Crippen molar-refractivity contribution in [2.24, 2.45) is 5.92 Å². The Labute approximate surface area is 177 Å². The molecule has 0 heterocycles. The molecule has 0 unspecified atom stereocenters. The first kappa shape index (κ1) is 27.7. The maximum atomic E-state index is 12.1. The number of carboxylic acid groups (broad SMARTS) is 4. The summed E-state index contributed by atoms with van der Waals surface area (Å²) in [5, 5.41) is 40.0. The fraction of sp³-hybridized carbons (Fsp3) is 0.647. The summed E-state index contributed by atoms with van der Waals surface area (Å²) in [6.07, 6.45) is -0.842. The lowest BCUT2D eigenvalue weighted by Gasteiger charge is -2.22. The van der Waals surface area contributed by atoms with Gasteiger partial charge in [0.2, 0.25) is 11.8 Å². The summed E-state index contributed by atoms with van der Waals surface area (Å²) in [7, 11) is 0. The number of amides is 2. The summed E-state index contributed by atoms with van der Waals surface area (Å²) in [4.78, 5) is 69.6. The van der Waals surface area contributed by atoms with Crippen molar-refractivity contribution in [1.29, 1.82) is 0 Å². The highest BCUT2D eigenvalue weighted by molar-refractivity contribution is 5.81. The Morgan fingerprint density at radius 3 is 1.52 bits per heavy atom. The summed E-state index contributed by atoms with van der Waals surface area (Å²) < 4.78 is 0. The van der Waals surface area contributed by atoms with E-state index < -0.39 is 67.5 Å². The van der Waals surface area contributed by atoms with E-state index >= 15 is 0 Å². The molecule has 0 aromatic carbocycles. The molecule has 0 rings (SSSR count). The molecule has 0 saturated carbocycles. The first-order valence-corrected chi connectivity index (χ1v) is 9.28. The van der Waals surface area contributed by atoms with E-state index in [-0.39, 0.29) is 26.3 Å². The third-order valence-corrected chi connectivity index (χ3v) is 3.91. The first-order chi connectivity index (χ1) is 14.4. The van der Waals surface area contributed by atoms with Crippen molar-refractivity contribution in [2.75, 3.05) is 45.9 Å². The van der Waals surface area contributed by atoms with Crippen molar-refractivity contribution >= 4 is 35.7 Å². The van der Waals surface area contributed by atoms with Gasteiger partial charge in [-0.05, 0) is 12.5 Å². The summed E-state index contributed by atoms with van der Waals surface area (Å²) in [6.45, 7) is -0.105. The summed E-state index contributed by atoms with van der Waals surface area (Å²) >= 11 is 0. The first-order valence-electron chi connectivity index (χ1n) is 9.28. The fourth-order valence-corrected chi connectivity index (χ4v) is 2.52. The smallest absolute Gasteiger partial charge is 0.317 e. The lowest BCUT2D eigenvalue weighted by atomic mass is 10.0. The molecule has 2 amide bonds. The highest BCUT2D eigenvalue weighted by Gasteiger charge is 2.20. The predicted molar refractivity (Wildman–Crippen MR) is 103 cm³/mol. The second-order valence-electron chi connectivity index (χ2n) is 6.70. The van der Waals surface area contributed by atoms with Gasteiger partial charge in [-0.2, -0.15) is 0 Å². The Bertz CT molecular complexity index is 583. The predicted octanol–water partition coefficient (Wildman–Crippen LogP) is -2.46. The number of nitrogens with zero attached hydrogens (tertiary/aromatic N) is 2. The topological polar surface area (TPSA) is 214 Å². The summed E-state index contributed by atoms with van der Waals surface area (Å²) in [6, 6.07) is 0. The molecule has 0 aromatic heterocycles.